The van der Waals surface area contributed by atoms with Gasteiger partial charge in [0.15, 0.2) is 0 Å². The molecule has 5 heteroatoms. The number of aromatic nitrogens is 2. The Morgan fingerprint density at radius 1 is 1.21 bits per heavy atom. The fraction of sp³-hybridized carbons (Fsp3) is 0.316. The highest BCUT2D eigenvalue weighted by Crippen LogP contribution is 2.49. The lowest BCUT2D eigenvalue weighted by Gasteiger charge is -2.20. The van der Waals surface area contributed by atoms with Gasteiger partial charge in [0.05, 0.1) is 23.1 Å². The maximum Gasteiger partial charge on any atom is 0.127 e. The third-order valence-corrected chi connectivity index (χ3v) is 6.16. The molecule has 0 spiro atoms. The van der Waals surface area contributed by atoms with Crippen molar-refractivity contribution >= 4 is 38.6 Å². The molecule has 2 N–H and O–H groups in total. The van der Waals surface area contributed by atoms with E-state index in [-0.39, 0.29) is 12.1 Å². The van der Waals surface area contributed by atoms with E-state index in [9.17, 15) is 0 Å². The van der Waals surface area contributed by atoms with E-state index in [1.165, 1.54) is 28.4 Å². The minimum Gasteiger partial charge on any atom is -0.321 e. The highest BCUT2D eigenvalue weighted by Gasteiger charge is 2.37. The van der Waals surface area contributed by atoms with Gasteiger partial charge >= 0.3 is 0 Å². The second kappa shape index (κ2) is 5.32. The van der Waals surface area contributed by atoms with E-state index in [0.717, 1.165) is 28.3 Å². The first-order valence-electron chi connectivity index (χ1n) is 8.34. The Morgan fingerprint density at radius 2 is 2.04 bits per heavy atom. The molecule has 1 aliphatic carbocycles. The monoisotopic (exact) mass is 401 g/mol. The van der Waals surface area contributed by atoms with Gasteiger partial charge in [0.2, 0.25) is 0 Å². The van der Waals surface area contributed by atoms with Gasteiger partial charge in [-0.1, -0.05) is 39.7 Å². The number of benzene rings is 2. The largest absolute Gasteiger partial charge is 0.321 e. The molecular weight excluding hydrogens is 386 g/mol. The van der Waals surface area contributed by atoms with E-state index in [0.29, 0.717) is 5.92 Å². The molecule has 0 radical (unpaired) electrons. The first-order valence-corrected chi connectivity index (χ1v) is 9.52. The van der Waals surface area contributed by atoms with Crippen LogP contribution < -0.4 is 5.73 Å². The number of hydrogen-bond acceptors (Lipinski definition) is 2. The maximum absolute atomic E-state index is 6.44. The van der Waals surface area contributed by atoms with Crippen LogP contribution in [0.2, 0.25) is 5.02 Å². The molecule has 1 unspecified atom stereocenters. The molecular formula is C19H17BrClN3. The Kier molecular flexibility index (Phi) is 3.31. The lowest BCUT2D eigenvalue weighted by atomic mass is 9.95. The average molecular weight is 403 g/mol. The molecule has 0 saturated heterocycles. The number of nitrogens with zero attached hydrogens (tertiary/aromatic N) is 2. The van der Waals surface area contributed by atoms with Crippen LogP contribution in [0.3, 0.4) is 0 Å². The highest BCUT2D eigenvalue weighted by molar-refractivity contribution is 9.10. The normalized spacial score (nSPS) is 23.0. The van der Waals surface area contributed by atoms with Crippen molar-refractivity contribution in [3.05, 3.63) is 62.8 Å². The summed E-state index contributed by atoms with van der Waals surface area (Å²) in [6, 6.07) is 12.6. The average Bonchev–Trinajstić information content (AvgIpc) is 3.27. The molecule has 1 aromatic heterocycles. The fourth-order valence-electron chi connectivity index (χ4n) is 4.03. The molecule has 3 nitrogen and oxygen atoms in total. The van der Waals surface area contributed by atoms with Crippen molar-refractivity contribution in [2.75, 3.05) is 0 Å². The lowest BCUT2D eigenvalue weighted by Crippen LogP contribution is -2.10. The van der Waals surface area contributed by atoms with Crippen LogP contribution in [-0.2, 0) is 0 Å². The Balaban J connectivity index is 1.76. The van der Waals surface area contributed by atoms with Gasteiger partial charge in [0.25, 0.3) is 0 Å². The molecule has 0 amide bonds. The standard InChI is InChI=1S/C19H17BrClN3/c20-13-3-1-2-12(10-4-5-10)18(13)17-9-14(22)19-23-15-7-6-11(21)8-16(15)24(17)19/h1-3,6-8,10,14,17H,4-5,9,22H2/t14?,17-/m1/s1. The minimum atomic E-state index is -0.0414. The summed E-state index contributed by atoms with van der Waals surface area (Å²) in [4.78, 5) is 4.77. The molecule has 2 aromatic carbocycles. The zero-order valence-electron chi connectivity index (χ0n) is 13.0. The van der Waals surface area contributed by atoms with Crippen LogP contribution in [-0.4, -0.2) is 9.55 Å². The third kappa shape index (κ3) is 2.17. The molecule has 24 heavy (non-hydrogen) atoms. The van der Waals surface area contributed by atoms with E-state index in [1.54, 1.807) is 0 Å². The Hall–Kier alpha value is -1.36. The zero-order valence-corrected chi connectivity index (χ0v) is 15.4. The SMILES string of the molecule is NC1C[C@H](c2c(Br)cccc2C2CC2)n2c1nc1ccc(Cl)cc12. The van der Waals surface area contributed by atoms with E-state index in [2.05, 4.69) is 38.7 Å². The van der Waals surface area contributed by atoms with Crippen molar-refractivity contribution in [1.29, 1.82) is 0 Å². The zero-order chi connectivity index (χ0) is 16.4. The summed E-state index contributed by atoms with van der Waals surface area (Å²) in [6.45, 7) is 0. The van der Waals surface area contributed by atoms with Gasteiger partial charge in [0, 0.05) is 9.50 Å². The molecule has 0 bridgehead atoms. The molecule has 1 saturated carbocycles. The molecule has 3 aromatic rings. The van der Waals surface area contributed by atoms with Crippen molar-refractivity contribution in [2.45, 2.75) is 37.3 Å². The van der Waals surface area contributed by atoms with Crippen LogP contribution >= 0.6 is 27.5 Å². The Morgan fingerprint density at radius 3 is 2.83 bits per heavy atom. The molecule has 1 fully saturated rings. The second-order valence-corrected chi connectivity index (χ2v) is 8.14. The van der Waals surface area contributed by atoms with Gasteiger partial charge in [-0.25, -0.2) is 4.98 Å². The maximum atomic E-state index is 6.44. The van der Waals surface area contributed by atoms with E-state index >= 15 is 0 Å². The van der Waals surface area contributed by atoms with Crippen molar-refractivity contribution in [3.8, 4) is 0 Å². The first kappa shape index (κ1) is 14.9. The van der Waals surface area contributed by atoms with Crippen molar-refractivity contribution in [3.63, 3.8) is 0 Å². The summed E-state index contributed by atoms with van der Waals surface area (Å²) < 4.78 is 3.47. The summed E-state index contributed by atoms with van der Waals surface area (Å²) in [5.74, 6) is 1.66. The van der Waals surface area contributed by atoms with Crippen LogP contribution in [0.15, 0.2) is 40.9 Å². The van der Waals surface area contributed by atoms with Crippen molar-refractivity contribution in [2.24, 2.45) is 5.73 Å². The fourth-order valence-corrected chi connectivity index (χ4v) is 4.84. The quantitative estimate of drug-likeness (QED) is 0.630. The van der Waals surface area contributed by atoms with Gasteiger partial charge in [-0.2, -0.15) is 0 Å². The molecule has 5 rings (SSSR count). The van der Waals surface area contributed by atoms with E-state index in [1.807, 2.05) is 18.2 Å². The van der Waals surface area contributed by atoms with Crippen LogP contribution in [0.4, 0.5) is 0 Å². The van der Waals surface area contributed by atoms with E-state index in [4.69, 9.17) is 22.3 Å². The number of halogens is 2. The van der Waals surface area contributed by atoms with Gasteiger partial charge in [0.1, 0.15) is 5.82 Å². The molecule has 2 aliphatic rings. The minimum absolute atomic E-state index is 0.0414. The Labute approximate surface area is 153 Å². The smallest absolute Gasteiger partial charge is 0.127 e. The second-order valence-electron chi connectivity index (χ2n) is 6.85. The summed E-state index contributed by atoms with van der Waals surface area (Å²) in [7, 11) is 0. The third-order valence-electron chi connectivity index (χ3n) is 5.24. The first-order chi connectivity index (χ1) is 11.6. The number of nitrogens with two attached hydrogens (primary N) is 1. The molecule has 2 heterocycles. The molecule has 2 atom stereocenters. The van der Waals surface area contributed by atoms with E-state index < -0.39 is 0 Å². The van der Waals surface area contributed by atoms with Crippen LogP contribution in [0.1, 0.15) is 54.2 Å². The van der Waals surface area contributed by atoms with Gasteiger partial charge < -0.3 is 10.3 Å². The van der Waals surface area contributed by atoms with Crippen LogP contribution in [0.5, 0.6) is 0 Å². The number of hydrogen-bond donors (Lipinski definition) is 1. The van der Waals surface area contributed by atoms with Gasteiger partial charge in [-0.05, 0) is 60.6 Å². The predicted molar refractivity (Wildman–Crippen MR) is 101 cm³/mol. The van der Waals surface area contributed by atoms with Crippen LogP contribution in [0.25, 0.3) is 11.0 Å². The summed E-state index contributed by atoms with van der Waals surface area (Å²) in [5.41, 5.74) is 11.3. The Bertz CT molecular complexity index is 961. The predicted octanol–water partition coefficient (Wildman–Crippen LogP) is 5.32. The molecule has 1 aliphatic heterocycles. The van der Waals surface area contributed by atoms with Gasteiger partial charge in [-0.3, -0.25) is 0 Å². The van der Waals surface area contributed by atoms with Crippen molar-refractivity contribution in [1.82, 2.24) is 9.55 Å². The number of fused-ring (bicyclic) bond motifs is 3. The van der Waals surface area contributed by atoms with Crippen LogP contribution in [0, 0.1) is 0 Å². The lowest BCUT2D eigenvalue weighted by molar-refractivity contribution is 0.591. The number of imidazole rings is 1. The summed E-state index contributed by atoms with van der Waals surface area (Å²) in [6.07, 6.45) is 3.45. The van der Waals surface area contributed by atoms with Crippen molar-refractivity contribution < 1.29 is 0 Å². The number of rotatable bonds is 2. The van der Waals surface area contributed by atoms with Gasteiger partial charge in [-0.15, -0.1) is 0 Å². The topological polar surface area (TPSA) is 43.8 Å². The summed E-state index contributed by atoms with van der Waals surface area (Å²) >= 11 is 10.0. The highest BCUT2D eigenvalue weighted by atomic mass is 79.9. The summed E-state index contributed by atoms with van der Waals surface area (Å²) in [5, 5.41) is 0.735. The molecule has 122 valence electrons.